The molecule has 1 amide bonds. The molecule has 0 aromatic carbocycles. The molecule has 18 heavy (non-hydrogen) atoms. The Labute approximate surface area is 113 Å². The van der Waals surface area contributed by atoms with Gasteiger partial charge in [-0.05, 0) is 12.8 Å². The zero-order chi connectivity index (χ0) is 14.0. The molecule has 0 fully saturated rings. The Morgan fingerprint density at radius 2 is 2.00 bits per heavy atom. The van der Waals surface area contributed by atoms with Crippen molar-refractivity contribution in [1.29, 1.82) is 0 Å². The van der Waals surface area contributed by atoms with E-state index in [1.54, 1.807) is 25.6 Å². The second-order valence-electron chi connectivity index (χ2n) is 4.08. The zero-order valence-electron chi connectivity index (χ0n) is 11.0. The first-order valence-electron chi connectivity index (χ1n) is 6.03. The Kier molecular flexibility index (Phi) is 8.30. The SMILES string of the molecule is C#CCSCCNC(=O)CC(CC)(CC)C(=O)O. The summed E-state index contributed by atoms with van der Waals surface area (Å²) < 4.78 is 0. The van der Waals surface area contributed by atoms with Gasteiger partial charge in [0, 0.05) is 18.7 Å². The van der Waals surface area contributed by atoms with Crippen LogP contribution in [0.4, 0.5) is 0 Å². The summed E-state index contributed by atoms with van der Waals surface area (Å²) in [5.41, 5.74) is -0.934. The normalized spacial score (nSPS) is 10.7. The smallest absolute Gasteiger partial charge is 0.310 e. The van der Waals surface area contributed by atoms with Crippen molar-refractivity contribution < 1.29 is 14.7 Å². The van der Waals surface area contributed by atoms with Crippen LogP contribution >= 0.6 is 11.8 Å². The first kappa shape index (κ1) is 16.9. The molecular weight excluding hydrogens is 250 g/mol. The fourth-order valence-electron chi connectivity index (χ4n) is 1.64. The highest BCUT2D eigenvalue weighted by Crippen LogP contribution is 2.30. The summed E-state index contributed by atoms with van der Waals surface area (Å²) >= 11 is 1.56. The topological polar surface area (TPSA) is 66.4 Å². The van der Waals surface area contributed by atoms with E-state index in [1.807, 2.05) is 0 Å². The van der Waals surface area contributed by atoms with Gasteiger partial charge in [-0.3, -0.25) is 9.59 Å². The van der Waals surface area contributed by atoms with Crippen LogP contribution in [0.25, 0.3) is 0 Å². The molecule has 102 valence electrons. The van der Waals surface area contributed by atoms with Gasteiger partial charge in [-0.15, -0.1) is 18.2 Å². The number of hydrogen-bond donors (Lipinski definition) is 2. The summed E-state index contributed by atoms with van der Waals surface area (Å²) in [5.74, 6) is 2.76. The van der Waals surface area contributed by atoms with E-state index in [-0.39, 0.29) is 12.3 Å². The average molecular weight is 271 g/mol. The average Bonchev–Trinajstić information content (AvgIpc) is 2.35. The molecule has 0 saturated heterocycles. The highest BCUT2D eigenvalue weighted by molar-refractivity contribution is 7.99. The molecule has 0 rings (SSSR count). The lowest BCUT2D eigenvalue weighted by atomic mass is 9.79. The maximum absolute atomic E-state index is 11.7. The Morgan fingerprint density at radius 1 is 1.39 bits per heavy atom. The van der Waals surface area contributed by atoms with Gasteiger partial charge in [0.2, 0.25) is 5.91 Å². The van der Waals surface area contributed by atoms with Crippen LogP contribution in [0.1, 0.15) is 33.1 Å². The number of rotatable bonds is 9. The molecule has 0 atom stereocenters. The van der Waals surface area contributed by atoms with Crippen molar-refractivity contribution >= 4 is 23.6 Å². The predicted molar refractivity (Wildman–Crippen MR) is 74.4 cm³/mol. The van der Waals surface area contributed by atoms with Crippen molar-refractivity contribution in [2.24, 2.45) is 5.41 Å². The number of carbonyl (C=O) groups excluding carboxylic acids is 1. The maximum Gasteiger partial charge on any atom is 0.310 e. The Hall–Kier alpha value is -1.15. The third-order valence-electron chi connectivity index (χ3n) is 3.06. The standard InChI is InChI=1S/C13H21NO3S/c1-4-8-18-9-7-14-11(15)10-13(5-2,6-3)12(16)17/h1H,5-10H2,2-3H3,(H,14,15)(H,16,17). The second-order valence-corrected chi connectivity index (χ2v) is 5.18. The van der Waals surface area contributed by atoms with Crippen LogP contribution in [-0.2, 0) is 9.59 Å². The van der Waals surface area contributed by atoms with Crippen LogP contribution in [0, 0.1) is 17.8 Å². The number of carboxylic acids is 1. The summed E-state index contributed by atoms with van der Waals surface area (Å²) in [7, 11) is 0. The molecule has 0 radical (unpaired) electrons. The van der Waals surface area contributed by atoms with Crippen LogP contribution in [0.3, 0.4) is 0 Å². The van der Waals surface area contributed by atoms with Crippen molar-refractivity contribution in [3.8, 4) is 12.3 Å². The molecule has 0 aliphatic carbocycles. The van der Waals surface area contributed by atoms with Crippen molar-refractivity contribution in [1.82, 2.24) is 5.32 Å². The maximum atomic E-state index is 11.7. The molecule has 0 spiro atoms. The van der Waals surface area contributed by atoms with E-state index in [0.717, 1.165) is 5.75 Å². The van der Waals surface area contributed by atoms with Crippen molar-refractivity contribution in [2.45, 2.75) is 33.1 Å². The van der Waals surface area contributed by atoms with E-state index >= 15 is 0 Å². The molecule has 0 heterocycles. The van der Waals surface area contributed by atoms with Crippen LogP contribution in [0.5, 0.6) is 0 Å². The third-order valence-corrected chi connectivity index (χ3v) is 3.92. The minimum absolute atomic E-state index is 0.0368. The summed E-state index contributed by atoms with van der Waals surface area (Å²) in [6.45, 7) is 4.12. The summed E-state index contributed by atoms with van der Waals surface area (Å²) in [5, 5.41) is 11.9. The van der Waals surface area contributed by atoms with Gasteiger partial charge in [0.25, 0.3) is 0 Å². The van der Waals surface area contributed by atoms with Crippen molar-refractivity contribution in [2.75, 3.05) is 18.1 Å². The number of aliphatic carboxylic acids is 1. The van der Waals surface area contributed by atoms with E-state index in [1.165, 1.54) is 0 Å². The summed E-state index contributed by atoms with van der Waals surface area (Å²) in [4.78, 5) is 22.9. The van der Waals surface area contributed by atoms with E-state index in [4.69, 9.17) is 6.42 Å². The molecule has 4 nitrogen and oxygen atoms in total. The highest BCUT2D eigenvalue weighted by Gasteiger charge is 2.36. The minimum atomic E-state index is -0.934. The van der Waals surface area contributed by atoms with Gasteiger partial charge < -0.3 is 10.4 Å². The number of terminal acetylenes is 1. The van der Waals surface area contributed by atoms with Crippen LogP contribution < -0.4 is 5.32 Å². The molecule has 0 unspecified atom stereocenters. The number of carboxylic acid groups (broad SMARTS) is 1. The molecular formula is C13H21NO3S. The van der Waals surface area contributed by atoms with Crippen LogP contribution in [-0.4, -0.2) is 35.0 Å². The molecule has 0 saturated carbocycles. The van der Waals surface area contributed by atoms with Gasteiger partial charge in [0.05, 0.1) is 11.2 Å². The Balaban J connectivity index is 4.12. The van der Waals surface area contributed by atoms with Gasteiger partial charge in [-0.25, -0.2) is 0 Å². The van der Waals surface area contributed by atoms with E-state index in [9.17, 15) is 14.7 Å². The fraction of sp³-hybridized carbons (Fsp3) is 0.692. The van der Waals surface area contributed by atoms with Gasteiger partial charge >= 0.3 is 5.97 Å². The number of nitrogens with one attached hydrogen (secondary N) is 1. The van der Waals surface area contributed by atoms with Crippen LogP contribution in [0.2, 0.25) is 0 Å². The summed E-state index contributed by atoms with van der Waals surface area (Å²) in [6.07, 6.45) is 6.05. The molecule has 0 aliphatic heterocycles. The fourth-order valence-corrected chi connectivity index (χ4v) is 2.15. The van der Waals surface area contributed by atoms with Gasteiger partial charge in [-0.2, -0.15) is 0 Å². The van der Waals surface area contributed by atoms with E-state index < -0.39 is 11.4 Å². The summed E-state index contributed by atoms with van der Waals surface area (Å²) in [6, 6.07) is 0. The minimum Gasteiger partial charge on any atom is -0.481 e. The molecule has 0 aromatic heterocycles. The number of carbonyl (C=O) groups is 2. The zero-order valence-corrected chi connectivity index (χ0v) is 11.8. The van der Waals surface area contributed by atoms with Gasteiger partial charge in [-0.1, -0.05) is 19.8 Å². The number of thioether (sulfide) groups is 1. The van der Waals surface area contributed by atoms with Crippen molar-refractivity contribution in [3.63, 3.8) is 0 Å². The number of amides is 1. The molecule has 0 aliphatic rings. The molecule has 5 heteroatoms. The molecule has 2 N–H and O–H groups in total. The van der Waals surface area contributed by atoms with Crippen molar-refractivity contribution in [3.05, 3.63) is 0 Å². The van der Waals surface area contributed by atoms with E-state index in [2.05, 4.69) is 11.2 Å². The largest absolute Gasteiger partial charge is 0.481 e. The first-order valence-corrected chi connectivity index (χ1v) is 7.19. The lowest BCUT2D eigenvalue weighted by Gasteiger charge is -2.25. The van der Waals surface area contributed by atoms with Crippen LogP contribution in [0.15, 0.2) is 0 Å². The first-order chi connectivity index (χ1) is 8.52. The quantitative estimate of drug-likeness (QED) is 0.495. The lowest BCUT2D eigenvalue weighted by Crippen LogP contribution is -2.37. The monoisotopic (exact) mass is 271 g/mol. The molecule has 0 aromatic rings. The molecule has 0 bridgehead atoms. The predicted octanol–water partition coefficient (Wildman–Crippen LogP) is 1.75. The van der Waals surface area contributed by atoms with Gasteiger partial charge in [0.15, 0.2) is 0 Å². The van der Waals surface area contributed by atoms with Gasteiger partial charge in [0.1, 0.15) is 0 Å². The second kappa shape index (κ2) is 8.87. The Bertz CT molecular complexity index is 319. The highest BCUT2D eigenvalue weighted by atomic mass is 32.2. The lowest BCUT2D eigenvalue weighted by molar-refractivity contribution is -0.152. The van der Waals surface area contributed by atoms with E-state index in [0.29, 0.717) is 25.1 Å². The third kappa shape index (κ3) is 5.46. The number of hydrogen-bond acceptors (Lipinski definition) is 3. The Morgan fingerprint density at radius 3 is 2.44 bits per heavy atom.